The van der Waals surface area contributed by atoms with Crippen LogP contribution in [0.2, 0.25) is 0 Å². The molecule has 0 aliphatic carbocycles. The van der Waals surface area contributed by atoms with Crippen LogP contribution in [0.5, 0.6) is 0 Å². The molecule has 1 aromatic rings. The van der Waals surface area contributed by atoms with Gasteiger partial charge < -0.3 is 0 Å². The van der Waals surface area contributed by atoms with Crippen LogP contribution in [0, 0.1) is 0 Å². The SMILES string of the molecule is CCN1C[C@@H]1c1ccccc1. The first-order chi connectivity index (χ1) is 5.42. The molecule has 1 heteroatoms. The van der Waals surface area contributed by atoms with Crippen LogP contribution >= 0.6 is 0 Å². The minimum Gasteiger partial charge on any atom is -0.293 e. The first kappa shape index (κ1) is 6.86. The van der Waals surface area contributed by atoms with Gasteiger partial charge in [-0.3, -0.25) is 4.90 Å². The maximum absolute atomic E-state index is 2.45. The monoisotopic (exact) mass is 147 g/mol. The zero-order valence-corrected chi connectivity index (χ0v) is 6.83. The van der Waals surface area contributed by atoms with Crippen LogP contribution in [0.4, 0.5) is 0 Å². The van der Waals surface area contributed by atoms with Crippen molar-refractivity contribution in [2.75, 3.05) is 13.1 Å². The van der Waals surface area contributed by atoms with Gasteiger partial charge in [0.2, 0.25) is 0 Å². The number of hydrogen-bond donors (Lipinski definition) is 0. The summed E-state index contributed by atoms with van der Waals surface area (Å²) in [6, 6.07) is 11.4. The Morgan fingerprint density at radius 3 is 2.64 bits per heavy atom. The first-order valence-corrected chi connectivity index (χ1v) is 4.21. The molecule has 2 atom stereocenters. The Morgan fingerprint density at radius 2 is 2.09 bits per heavy atom. The van der Waals surface area contributed by atoms with Gasteiger partial charge >= 0.3 is 0 Å². The third-order valence-corrected chi connectivity index (χ3v) is 2.31. The highest BCUT2D eigenvalue weighted by Crippen LogP contribution is 2.33. The molecule has 1 heterocycles. The summed E-state index contributed by atoms with van der Waals surface area (Å²) in [6.45, 7) is 4.64. The summed E-state index contributed by atoms with van der Waals surface area (Å²) in [5, 5.41) is 0. The molecule has 58 valence electrons. The average Bonchev–Trinajstić information content (AvgIpc) is 2.85. The van der Waals surface area contributed by atoms with Crippen LogP contribution in [0.15, 0.2) is 30.3 Å². The number of rotatable bonds is 2. The molecule has 11 heavy (non-hydrogen) atoms. The fourth-order valence-corrected chi connectivity index (χ4v) is 1.52. The lowest BCUT2D eigenvalue weighted by molar-refractivity contribution is 0.544. The summed E-state index contributed by atoms with van der Waals surface area (Å²) in [7, 11) is 0. The highest BCUT2D eigenvalue weighted by atomic mass is 15.3. The van der Waals surface area contributed by atoms with Crippen LogP contribution in [-0.4, -0.2) is 18.0 Å². The maximum Gasteiger partial charge on any atom is 0.0476 e. The van der Waals surface area contributed by atoms with Gasteiger partial charge in [-0.15, -0.1) is 0 Å². The van der Waals surface area contributed by atoms with E-state index in [4.69, 9.17) is 0 Å². The molecular formula is C10H13N. The molecule has 1 aromatic carbocycles. The third kappa shape index (κ3) is 1.29. The fourth-order valence-electron chi connectivity index (χ4n) is 1.52. The standard InChI is InChI=1S/C10H13N/c1-2-11-8-10(11)9-6-4-3-5-7-9/h3-7,10H,2,8H2,1H3/t10-,11?/m1/s1. The summed E-state index contributed by atoms with van der Waals surface area (Å²) in [6.07, 6.45) is 0. The van der Waals surface area contributed by atoms with Gasteiger partial charge in [0.1, 0.15) is 0 Å². The van der Waals surface area contributed by atoms with E-state index in [9.17, 15) is 0 Å². The molecule has 1 nitrogen and oxygen atoms in total. The van der Waals surface area contributed by atoms with Crippen molar-refractivity contribution in [1.29, 1.82) is 0 Å². The van der Waals surface area contributed by atoms with Crippen LogP contribution in [0.1, 0.15) is 18.5 Å². The van der Waals surface area contributed by atoms with Gasteiger partial charge in [0.25, 0.3) is 0 Å². The second kappa shape index (κ2) is 2.67. The molecule has 0 saturated carbocycles. The second-order valence-corrected chi connectivity index (χ2v) is 3.01. The van der Waals surface area contributed by atoms with Gasteiger partial charge in [-0.1, -0.05) is 37.3 Å². The highest BCUT2D eigenvalue weighted by Gasteiger charge is 2.32. The molecule has 0 N–H and O–H groups in total. The van der Waals surface area contributed by atoms with E-state index >= 15 is 0 Å². The Hall–Kier alpha value is -0.820. The lowest BCUT2D eigenvalue weighted by atomic mass is 10.2. The summed E-state index contributed by atoms with van der Waals surface area (Å²) >= 11 is 0. The van der Waals surface area contributed by atoms with Gasteiger partial charge in [0, 0.05) is 12.6 Å². The third-order valence-electron chi connectivity index (χ3n) is 2.31. The quantitative estimate of drug-likeness (QED) is 0.579. The Bertz CT molecular complexity index is 230. The van der Waals surface area contributed by atoms with Crippen molar-refractivity contribution < 1.29 is 0 Å². The molecule has 1 aliphatic heterocycles. The molecular weight excluding hydrogens is 134 g/mol. The minimum absolute atomic E-state index is 0.723. The van der Waals surface area contributed by atoms with Crippen molar-refractivity contribution in [1.82, 2.24) is 4.90 Å². The number of benzene rings is 1. The Labute approximate surface area is 67.6 Å². The predicted molar refractivity (Wildman–Crippen MR) is 46.4 cm³/mol. The van der Waals surface area contributed by atoms with E-state index in [1.54, 1.807) is 0 Å². The lowest BCUT2D eigenvalue weighted by Crippen LogP contribution is -1.94. The summed E-state index contributed by atoms with van der Waals surface area (Å²) in [5.41, 5.74) is 1.47. The molecule has 0 bridgehead atoms. The minimum atomic E-state index is 0.723. The van der Waals surface area contributed by atoms with Gasteiger partial charge in [0.15, 0.2) is 0 Å². The molecule has 1 unspecified atom stereocenters. The van der Waals surface area contributed by atoms with Crippen LogP contribution < -0.4 is 0 Å². The van der Waals surface area contributed by atoms with E-state index in [1.165, 1.54) is 18.7 Å². The zero-order valence-electron chi connectivity index (χ0n) is 6.83. The van der Waals surface area contributed by atoms with Crippen molar-refractivity contribution in [2.45, 2.75) is 13.0 Å². The van der Waals surface area contributed by atoms with Crippen molar-refractivity contribution in [2.24, 2.45) is 0 Å². The Balaban J connectivity index is 2.09. The van der Waals surface area contributed by atoms with E-state index < -0.39 is 0 Å². The number of hydrogen-bond acceptors (Lipinski definition) is 1. The van der Waals surface area contributed by atoms with Crippen molar-refractivity contribution in [3.8, 4) is 0 Å². The van der Waals surface area contributed by atoms with Crippen molar-refractivity contribution in [3.63, 3.8) is 0 Å². The summed E-state index contributed by atoms with van der Waals surface area (Å²) < 4.78 is 0. The summed E-state index contributed by atoms with van der Waals surface area (Å²) in [4.78, 5) is 2.45. The second-order valence-electron chi connectivity index (χ2n) is 3.01. The number of nitrogens with zero attached hydrogens (tertiary/aromatic N) is 1. The largest absolute Gasteiger partial charge is 0.293 e. The van der Waals surface area contributed by atoms with Gasteiger partial charge in [-0.2, -0.15) is 0 Å². The molecule has 0 amide bonds. The topological polar surface area (TPSA) is 3.01 Å². The fraction of sp³-hybridized carbons (Fsp3) is 0.400. The molecule has 0 spiro atoms. The van der Waals surface area contributed by atoms with Crippen LogP contribution in [0.25, 0.3) is 0 Å². The Kier molecular flexibility index (Phi) is 1.66. The van der Waals surface area contributed by atoms with Gasteiger partial charge in [0.05, 0.1) is 0 Å². The average molecular weight is 147 g/mol. The highest BCUT2D eigenvalue weighted by molar-refractivity contribution is 5.23. The van der Waals surface area contributed by atoms with Crippen LogP contribution in [0.3, 0.4) is 0 Å². The lowest BCUT2D eigenvalue weighted by Gasteiger charge is -1.98. The molecule has 1 aliphatic rings. The van der Waals surface area contributed by atoms with Crippen LogP contribution in [-0.2, 0) is 0 Å². The van der Waals surface area contributed by atoms with E-state index in [2.05, 4.69) is 42.2 Å². The van der Waals surface area contributed by atoms with Crippen molar-refractivity contribution in [3.05, 3.63) is 35.9 Å². The smallest absolute Gasteiger partial charge is 0.0476 e. The van der Waals surface area contributed by atoms with E-state index in [-0.39, 0.29) is 0 Å². The molecule has 0 radical (unpaired) electrons. The van der Waals surface area contributed by atoms with E-state index in [0.717, 1.165) is 6.04 Å². The van der Waals surface area contributed by atoms with E-state index in [1.807, 2.05) is 0 Å². The first-order valence-electron chi connectivity index (χ1n) is 4.21. The molecule has 1 saturated heterocycles. The molecule has 0 aromatic heterocycles. The summed E-state index contributed by atoms with van der Waals surface area (Å²) in [5.74, 6) is 0. The Morgan fingerprint density at radius 1 is 1.36 bits per heavy atom. The molecule has 2 rings (SSSR count). The normalized spacial score (nSPS) is 28.5. The van der Waals surface area contributed by atoms with Crippen molar-refractivity contribution >= 4 is 0 Å². The zero-order chi connectivity index (χ0) is 7.68. The van der Waals surface area contributed by atoms with Gasteiger partial charge in [-0.05, 0) is 12.1 Å². The molecule has 1 fully saturated rings. The van der Waals surface area contributed by atoms with E-state index in [0.29, 0.717) is 0 Å². The number of likely N-dealkylation sites (N-methyl/N-ethyl adjacent to an activating group) is 1. The predicted octanol–water partition coefficient (Wildman–Crippen LogP) is 2.06. The van der Waals surface area contributed by atoms with Gasteiger partial charge in [-0.25, -0.2) is 0 Å². The maximum atomic E-state index is 2.45.